The Labute approximate surface area is 126 Å². The van der Waals surface area contributed by atoms with Crippen LogP contribution >= 0.6 is 0 Å². The van der Waals surface area contributed by atoms with Crippen molar-refractivity contribution in [1.82, 2.24) is 4.72 Å². The topological polar surface area (TPSA) is 133 Å². The fraction of sp³-hybridized carbons (Fsp3) is 1.00. The fourth-order valence-corrected chi connectivity index (χ4v) is 3.98. The number of hydrogen-bond acceptors (Lipinski definition) is 6. The normalized spacial score (nSPS) is 21.9. The molecule has 6 N–H and O–H groups in total. The maximum absolute atomic E-state index is 11.6. The molecule has 3 atom stereocenters. The van der Waals surface area contributed by atoms with E-state index in [1.165, 1.54) is 6.42 Å². The maximum Gasteiger partial charge on any atom is 0.214 e. The Morgan fingerprint density at radius 3 is 2.38 bits per heavy atom. The summed E-state index contributed by atoms with van der Waals surface area (Å²) in [7, 11) is -3.73. The highest BCUT2D eigenvalue weighted by molar-refractivity contribution is 7.89. The standard InChI is InChI=1S/C13H28N2O5S/c14-11(8-10-4-2-1-3-5-10)13(18)12(17)9-21(19,20)15-6-7-16/h10-13,15-18H,1-9,14H2/t11-,12-,13+/m1/s1. The first-order chi connectivity index (χ1) is 9.85. The van der Waals surface area contributed by atoms with Crippen LogP contribution in [0.3, 0.4) is 0 Å². The van der Waals surface area contributed by atoms with Crippen LogP contribution in [0.4, 0.5) is 0 Å². The lowest BCUT2D eigenvalue weighted by molar-refractivity contribution is 0.0107. The first-order valence-electron chi connectivity index (χ1n) is 7.55. The van der Waals surface area contributed by atoms with E-state index in [9.17, 15) is 18.6 Å². The fourth-order valence-electron chi connectivity index (χ4n) is 2.82. The molecule has 1 aliphatic carbocycles. The van der Waals surface area contributed by atoms with Gasteiger partial charge in [0.25, 0.3) is 0 Å². The lowest BCUT2D eigenvalue weighted by Crippen LogP contribution is -2.48. The number of aliphatic hydroxyl groups excluding tert-OH is 3. The molecule has 8 heteroatoms. The number of rotatable bonds is 9. The van der Waals surface area contributed by atoms with Gasteiger partial charge in [0.15, 0.2) is 0 Å². The molecule has 0 spiro atoms. The Bertz CT molecular complexity index is 384. The quantitative estimate of drug-likeness (QED) is 0.366. The molecule has 0 radical (unpaired) electrons. The van der Waals surface area contributed by atoms with Crippen molar-refractivity contribution in [2.45, 2.75) is 56.8 Å². The molecule has 1 saturated carbocycles. The van der Waals surface area contributed by atoms with Gasteiger partial charge in [-0.25, -0.2) is 13.1 Å². The summed E-state index contributed by atoms with van der Waals surface area (Å²) in [5.74, 6) is -0.174. The summed E-state index contributed by atoms with van der Waals surface area (Å²) in [6.07, 6.45) is 3.61. The zero-order valence-electron chi connectivity index (χ0n) is 12.3. The molecule has 0 bridgehead atoms. The second-order valence-corrected chi connectivity index (χ2v) is 7.71. The zero-order chi connectivity index (χ0) is 15.9. The van der Waals surface area contributed by atoms with Gasteiger partial charge in [0.1, 0.15) is 0 Å². The highest BCUT2D eigenvalue weighted by atomic mass is 32.2. The van der Waals surface area contributed by atoms with Gasteiger partial charge in [-0.15, -0.1) is 0 Å². The van der Waals surface area contributed by atoms with E-state index in [4.69, 9.17) is 10.8 Å². The van der Waals surface area contributed by atoms with Gasteiger partial charge in [-0.2, -0.15) is 0 Å². The second kappa shape index (κ2) is 9.02. The van der Waals surface area contributed by atoms with Crippen LogP contribution in [0.25, 0.3) is 0 Å². The van der Waals surface area contributed by atoms with Gasteiger partial charge in [-0.05, 0) is 12.3 Å². The van der Waals surface area contributed by atoms with Crippen molar-refractivity contribution in [2.24, 2.45) is 11.7 Å². The summed E-state index contributed by atoms with van der Waals surface area (Å²) in [5.41, 5.74) is 5.90. The van der Waals surface area contributed by atoms with Crippen LogP contribution in [0.2, 0.25) is 0 Å². The van der Waals surface area contributed by atoms with E-state index < -0.39 is 34.0 Å². The van der Waals surface area contributed by atoms with Crippen LogP contribution in [0.5, 0.6) is 0 Å². The molecule has 0 amide bonds. The molecule has 126 valence electrons. The average molecular weight is 324 g/mol. The number of nitrogens with two attached hydrogens (primary N) is 1. The molecule has 0 aromatic rings. The van der Waals surface area contributed by atoms with Gasteiger partial charge in [-0.1, -0.05) is 32.1 Å². The van der Waals surface area contributed by atoms with Crippen molar-refractivity contribution >= 4 is 10.0 Å². The van der Waals surface area contributed by atoms with Gasteiger partial charge in [0.2, 0.25) is 10.0 Å². The molecule has 0 aromatic heterocycles. The smallest absolute Gasteiger partial charge is 0.214 e. The largest absolute Gasteiger partial charge is 0.395 e. The van der Waals surface area contributed by atoms with Crippen LogP contribution in [-0.4, -0.2) is 60.9 Å². The first-order valence-corrected chi connectivity index (χ1v) is 9.21. The lowest BCUT2D eigenvalue weighted by atomic mass is 9.83. The number of hydrogen-bond donors (Lipinski definition) is 5. The predicted molar refractivity (Wildman–Crippen MR) is 80.1 cm³/mol. The summed E-state index contributed by atoms with van der Waals surface area (Å²) >= 11 is 0. The molecule has 21 heavy (non-hydrogen) atoms. The highest BCUT2D eigenvalue weighted by Gasteiger charge is 2.29. The van der Waals surface area contributed by atoms with Crippen LogP contribution in [0.1, 0.15) is 38.5 Å². The average Bonchev–Trinajstić information content (AvgIpc) is 2.45. The Morgan fingerprint density at radius 1 is 1.19 bits per heavy atom. The van der Waals surface area contributed by atoms with Gasteiger partial charge >= 0.3 is 0 Å². The van der Waals surface area contributed by atoms with Crippen molar-refractivity contribution in [3.05, 3.63) is 0 Å². The monoisotopic (exact) mass is 324 g/mol. The zero-order valence-corrected chi connectivity index (χ0v) is 13.1. The molecular weight excluding hydrogens is 296 g/mol. The summed E-state index contributed by atoms with van der Waals surface area (Å²) in [5, 5.41) is 28.4. The molecule has 1 aliphatic rings. The number of aliphatic hydroxyl groups is 3. The molecule has 0 unspecified atom stereocenters. The van der Waals surface area contributed by atoms with E-state index in [1.54, 1.807) is 0 Å². The number of nitrogens with one attached hydrogen (secondary N) is 1. The lowest BCUT2D eigenvalue weighted by Gasteiger charge is -2.29. The molecule has 1 fully saturated rings. The second-order valence-electron chi connectivity index (χ2n) is 5.86. The van der Waals surface area contributed by atoms with Crippen LogP contribution < -0.4 is 10.5 Å². The summed E-state index contributed by atoms with van der Waals surface area (Å²) < 4.78 is 25.3. The van der Waals surface area contributed by atoms with Crippen molar-refractivity contribution < 1.29 is 23.7 Å². The summed E-state index contributed by atoms with van der Waals surface area (Å²) in [6, 6.07) is -0.629. The van der Waals surface area contributed by atoms with Gasteiger partial charge in [0.05, 0.1) is 24.6 Å². The molecule has 0 aromatic carbocycles. The maximum atomic E-state index is 11.6. The Kier molecular flexibility index (Phi) is 8.07. The summed E-state index contributed by atoms with van der Waals surface area (Å²) in [4.78, 5) is 0. The van der Waals surface area contributed by atoms with Gasteiger partial charge in [0, 0.05) is 12.6 Å². The Balaban J connectivity index is 2.42. The molecule has 0 heterocycles. The number of sulfonamides is 1. The molecular formula is C13H28N2O5S. The Hall–Kier alpha value is -0.250. The third kappa shape index (κ3) is 7.03. The van der Waals surface area contributed by atoms with Crippen LogP contribution in [0, 0.1) is 5.92 Å². The minimum atomic E-state index is -3.73. The minimum absolute atomic E-state index is 0.112. The Morgan fingerprint density at radius 2 is 1.81 bits per heavy atom. The summed E-state index contributed by atoms with van der Waals surface area (Å²) in [6.45, 7) is -0.432. The van der Waals surface area contributed by atoms with E-state index in [0.717, 1.165) is 25.7 Å². The predicted octanol–water partition coefficient (Wildman–Crippen LogP) is -1.08. The van der Waals surface area contributed by atoms with Crippen LogP contribution in [0.15, 0.2) is 0 Å². The van der Waals surface area contributed by atoms with Gasteiger partial charge in [-0.3, -0.25) is 0 Å². The van der Waals surface area contributed by atoms with Crippen molar-refractivity contribution in [3.63, 3.8) is 0 Å². The van der Waals surface area contributed by atoms with Crippen LogP contribution in [-0.2, 0) is 10.0 Å². The van der Waals surface area contributed by atoms with Crippen molar-refractivity contribution in [3.8, 4) is 0 Å². The third-order valence-electron chi connectivity index (χ3n) is 3.99. The van der Waals surface area contributed by atoms with E-state index in [-0.39, 0.29) is 13.2 Å². The highest BCUT2D eigenvalue weighted by Crippen LogP contribution is 2.27. The van der Waals surface area contributed by atoms with E-state index >= 15 is 0 Å². The van der Waals surface area contributed by atoms with Crippen molar-refractivity contribution in [1.29, 1.82) is 0 Å². The minimum Gasteiger partial charge on any atom is -0.395 e. The van der Waals surface area contributed by atoms with Gasteiger partial charge < -0.3 is 21.1 Å². The third-order valence-corrected chi connectivity index (χ3v) is 5.41. The van der Waals surface area contributed by atoms with Crippen molar-refractivity contribution in [2.75, 3.05) is 18.9 Å². The molecule has 7 nitrogen and oxygen atoms in total. The SMILES string of the molecule is N[C@H](CC1CCCCC1)[C@H](O)[C@H](O)CS(=O)(=O)NCCO. The van der Waals surface area contributed by atoms with E-state index in [2.05, 4.69) is 4.72 Å². The molecule has 1 rings (SSSR count). The van der Waals surface area contributed by atoms with E-state index in [1.807, 2.05) is 0 Å². The van der Waals surface area contributed by atoms with E-state index in [0.29, 0.717) is 12.3 Å². The first kappa shape index (κ1) is 18.8. The molecule has 0 saturated heterocycles. The molecule has 0 aliphatic heterocycles.